The van der Waals surface area contributed by atoms with E-state index in [-0.39, 0.29) is 11.8 Å². The van der Waals surface area contributed by atoms with Gasteiger partial charge in [-0.1, -0.05) is 30.3 Å². The topological polar surface area (TPSA) is 84.1 Å². The fraction of sp³-hybridized carbons (Fsp3) is 0.421. The third kappa shape index (κ3) is 4.07. The lowest BCUT2D eigenvalue weighted by Crippen LogP contribution is -2.46. The number of hydrogen-bond donors (Lipinski definition) is 2. The Morgan fingerprint density at radius 3 is 2.84 bits per heavy atom. The van der Waals surface area contributed by atoms with E-state index in [0.29, 0.717) is 12.8 Å². The minimum absolute atomic E-state index is 0.107. The van der Waals surface area contributed by atoms with Gasteiger partial charge in [0.05, 0.1) is 12.8 Å². The van der Waals surface area contributed by atoms with Gasteiger partial charge in [-0.25, -0.2) is 9.78 Å². The Hall–Kier alpha value is -2.63. The van der Waals surface area contributed by atoms with Gasteiger partial charge in [-0.3, -0.25) is 4.79 Å². The first-order valence-corrected chi connectivity index (χ1v) is 8.53. The summed E-state index contributed by atoms with van der Waals surface area (Å²) >= 11 is 0. The lowest BCUT2D eigenvalue weighted by Gasteiger charge is -2.23. The van der Waals surface area contributed by atoms with Crippen molar-refractivity contribution in [3.63, 3.8) is 0 Å². The summed E-state index contributed by atoms with van der Waals surface area (Å²) in [7, 11) is 1.34. The summed E-state index contributed by atoms with van der Waals surface area (Å²) in [6, 6.07) is 8.93. The average Bonchev–Trinajstić information content (AvgIpc) is 3.00. The molecule has 1 amide bonds. The molecule has 2 atom stereocenters. The Morgan fingerprint density at radius 2 is 2.12 bits per heavy atom. The Bertz CT molecular complexity index is 755. The van der Waals surface area contributed by atoms with Crippen molar-refractivity contribution in [2.45, 2.75) is 38.6 Å². The number of nitrogens with one attached hydrogen (secondary N) is 2. The van der Waals surface area contributed by atoms with Crippen LogP contribution in [-0.2, 0) is 33.6 Å². The highest BCUT2D eigenvalue weighted by molar-refractivity contribution is 5.86. The molecular weight excluding hydrogens is 318 g/mol. The first-order chi connectivity index (χ1) is 12.1. The number of amides is 1. The zero-order valence-electron chi connectivity index (χ0n) is 14.5. The van der Waals surface area contributed by atoms with Gasteiger partial charge in [-0.15, -0.1) is 0 Å². The van der Waals surface area contributed by atoms with Crippen LogP contribution in [0.4, 0.5) is 0 Å². The summed E-state index contributed by atoms with van der Waals surface area (Å²) in [5.41, 5.74) is 3.06. The molecule has 0 saturated carbocycles. The third-order valence-corrected chi connectivity index (χ3v) is 4.62. The van der Waals surface area contributed by atoms with Crippen LogP contribution in [0.2, 0.25) is 0 Å². The lowest BCUT2D eigenvalue weighted by molar-refractivity contribution is -0.145. The predicted octanol–water partition coefficient (Wildman–Crippen LogP) is 1.72. The number of carbonyl (C=O) groups excluding carboxylic acids is 2. The van der Waals surface area contributed by atoms with Gasteiger partial charge in [0.25, 0.3) is 0 Å². The molecule has 0 aliphatic heterocycles. The second-order valence-electron chi connectivity index (χ2n) is 6.46. The number of carbonyl (C=O) groups is 2. The number of aromatic nitrogens is 2. The van der Waals surface area contributed by atoms with Crippen molar-refractivity contribution < 1.29 is 14.3 Å². The largest absolute Gasteiger partial charge is 0.467 e. The standard InChI is InChI=1S/C19H23N3O3/c1-12-20-15-9-8-14(11-16(15)21-12)18(23)22-17(19(24)25-2)10-13-6-4-3-5-7-13/h3-7,14,17H,8-11H2,1-2H3,(H,20,21)(H,22,23). The Morgan fingerprint density at radius 1 is 1.36 bits per heavy atom. The van der Waals surface area contributed by atoms with Crippen LogP contribution in [0.3, 0.4) is 0 Å². The van der Waals surface area contributed by atoms with Crippen molar-refractivity contribution in [3.05, 3.63) is 53.1 Å². The van der Waals surface area contributed by atoms with Gasteiger partial charge in [0.2, 0.25) is 5.91 Å². The normalized spacial score (nSPS) is 17.4. The van der Waals surface area contributed by atoms with Crippen LogP contribution in [-0.4, -0.2) is 35.0 Å². The molecule has 1 heterocycles. The van der Waals surface area contributed by atoms with E-state index < -0.39 is 12.0 Å². The first kappa shape index (κ1) is 17.2. The summed E-state index contributed by atoms with van der Waals surface area (Å²) in [4.78, 5) is 32.4. The van der Waals surface area contributed by atoms with E-state index in [4.69, 9.17) is 4.74 Å². The van der Waals surface area contributed by atoms with Gasteiger partial charge >= 0.3 is 5.97 Å². The van der Waals surface area contributed by atoms with Crippen molar-refractivity contribution in [3.8, 4) is 0 Å². The molecule has 2 unspecified atom stereocenters. The zero-order chi connectivity index (χ0) is 17.8. The SMILES string of the molecule is COC(=O)C(Cc1ccccc1)NC(=O)C1CCc2nc(C)[nH]c2C1. The fourth-order valence-electron chi connectivity index (χ4n) is 3.32. The van der Waals surface area contributed by atoms with Crippen LogP contribution < -0.4 is 5.32 Å². The molecule has 1 aromatic carbocycles. The van der Waals surface area contributed by atoms with Gasteiger partial charge < -0.3 is 15.0 Å². The number of hydrogen-bond acceptors (Lipinski definition) is 4. The molecule has 1 aromatic heterocycles. The predicted molar refractivity (Wildman–Crippen MR) is 92.9 cm³/mol. The molecule has 132 valence electrons. The molecule has 6 heteroatoms. The number of fused-ring (bicyclic) bond motifs is 1. The van der Waals surface area contributed by atoms with Crippen LogP contribution in [0.25, 0.3) is 0 Å². The van der Waals surface area contributed by atoms with Crippen LogP contribution in [0.1, 0.15) is 29.2 Å². The van der Waals surface area contributed by atoms with E-state index in [1.54, 1.807) is 0 Å². The maximum atomic E-state index is 12.7. The summed E-state index contributed by atoms with van der Waals surface area (Å²) in [5, 5.41) is 2.88. The van der Waals surface area contributed by atoms with E-state index in [2.05, 4.69) is 15.3 Å². The van der Waals surface area contributed by atoms with E-state index in [1.165, 1.54) is 7.11 Å². The maximum Gasteiger partial charge on any atom is 0.328 e. The number of methoxy groups -OCH3 is 1. The van der Waals surface area contributed by atoms with Crippen molar-refractivity contribution in [2.75, 3.05) is 7.11 Å². The monoisotopic (exact) mass is 341 g/mol. The average molecular weight is 341 g/mol. The summed E-state index contributed by atoms with van der Waals surface area (Å²) in [6.07, 6.45) is 2.56. The highest BCUT2D eigenvalue weighted by atomic mass is 16.5. The first-order valence-electron chi connectivity index (χ1n) is 8.53. The molecule has 0 fully saturated rings. The maximum absolute atomic E-state index is 12.7. The van der Waals surface area contributed by atoms with Crippen LogP contribution in [0.5, 0.6) is 0 Å². The third-order valence-electron chi connectivity index (χ3n) is 4.62. The molecule has 0 radical (unpaired) electrons. The molecular formula is C19H23N3O3. The Labute approximate surface area is 147 Å². The van der Waals surface area contributed by atoms with Crippen LogP contribution in [0.15, 0.2) is 30.3 Å². The number of nitrogens with zero attached hydrogens (tertiary/aromatic N) is 1. The van der Waals surface area contributed by atoms with Crippen molar-refractivity contribution in [2.24, 2.45) is 5.92 Å². The van der Waals surface area contributed by atoms with E-state index in [0.717, 1.165) is 35.6 Å². The van der Waals surface area contributed by atoms with Gasteiger partial charge in [0, 0.05) is 24.5 Å². The second kappa shape index (κ2) is 7.51. The van der Waals surface area contributed by atoms with Gasteiger partial charge in [0.15, 0.2) is 0 Å². The number of ether oxygens (including phenoxy) is 1. The molecule has 0 spiro atoms. The molecule has 3 rings (SSSR count). The van der Waals surface area contributed by atoms with Gasteiger partial charge in [-0.05, 0) is 25.3 Å². The smallest absolute Gasteiger partial charge is 0.328 e. The minimum Gasteiger partial charge on any atom is -0.467 e. The number of imidazole rings is 1. The number of aromatic amines is 1. The van der Waals surface area contributed by atoms with Crippen molar-refractivity contribution in [1.82, 2.24) is 15.3 Å². The van der Waals surface area contributed by atoms with Gasteiger partial charge in [0.1, 0.15) is 11.9 Å². The summed E-state index contributed by atoms with van der Waals surface area (Å²) < 4.78 is 4.86. The molecule has 6 nitrogen and oxygen atoms in total. The highest BCUT2D eigenvalue weighted by Crippen LogP contribution is 2.24. The van der Waals surface area contributed by atoms with Crippen molar-refractivity contribution in [1.29, 1.82) is 0 Å². The molecule has 1 aliphatic carbocycles. The number of rotatable bonds is 5. The molecule has 2 N–H and O–H groups in total. The summed E-state index contributed by atoms with van der Waals surface area (Å²) in [5.74, 6) is 0.188. The number of esters is 1. The molecule has 1 aliphatic rings. The Balaban J connectivity index is 1.67. The summed E-state index contributed by atoms with van der Waals surface area (Å²) in [6.45, 7) is 1.92. The molecule has 0 saturated heterocycles. The second-order valence-corrected chi connectivity index (χ2v) is 6.46. The van der Waals surface area contributed by atoms with Crippen molar-refractivity contribution >= 4 is 11.9 Å². The molecule has 0 bridgehead atoms. The molecule has 25 heavy (non-hydrogen) atoms. The fourth-order valence-corrected chi connectivity index (χ4v) is 3.32. The number of benzene rings is 1. The van der Waals surface area contributed by atoms with E-state index in [9.17, 15) is 9.59 Å². The van der Waals surface area contributed by atoms with Crippen LogP contribution in [0, 0.1) is 12.8 Å². The number of aryl methyl sites for hydroxylation is 2. The quantitative estimate of drug-likeness (QED) is 0.811. The van der Waals surface area contributed by atoms with Gasteiger partial charge in [-0.2, -0.15) is 0 Å². The van der Waals surface area contributed by atoms with Crippen LogP contribution >= 0.6 is 0 Å². The highest BCUT2D eigenvalue weighted by Gasteiger charge is 2.30. The van der Waals surface area contributed by atoms with E-state index in [1.807, 2.05) is 37.3 Å². The Kier molecular flexibility index (Phi) is 5.16. The zero-order valence-corrected chi connectivity index (χ0v) is 14.5. The lowest BCUT2D eigenvalue weighted by atomic mass is 9.89. The number of H-pyrrole nitrogens is 1. The molecule has 2 aromatic rings. The minimum atomic E-state index is -0.676. The van der Waals surface area contributed by atoms with E-state index >= 15 is 0 Å².